The molecule has 0 fully saturated rings. The van der Waals surface area contributed by atoms with Crippen LogP contribution >= 0.6 is 0 Å². The Hall–Kier alpha value is -5.16. The normalized spacial score (nSPS) is 14.5. The van der Waals surface area contributed by atoms with Crippen molar-refractivity contribution in [2.24, 2.45) is 0 Å². The van der Waals surface area contributed by atoms with Crippen LogP contribution in [0.4, 0.5) is 17.5 Å². The zero-order valence-electron chi connectivity index (χ0n) is 22.7. The molecule has 1 amide bonds. The maximum atomic E-state index is 12.7. The van der Waals surface area contributed by atoms with Crippen LogP contribution in [0.25, 0.3) is 22.9 Å². The summed E-state index contributed by atoms with van der Waals surface area (Å²) in [6, 6.07) is 18.3. The smallest absolute Gasteiger partial charge is 0.254 e. The summed E-state index contributed by atoms with van der Waals surface area (Å²) in [5.41, 5.74) is 3.91. The maximum absolute atomic E-state index is 12.7. The van der Waals surface area contributed by atoms with E-state index in [0.717, 1.165) is 16.8 Å². The van der Waals surface area contributed by atoms with E-state index in [1.165, 1.54) is 0 Å². The lowest BCUT2D eigenvalue weighted by Crippen LogP contribution is -2.35. The lowest BCUT2D eigenvalue weighted by atomic mass is 9.93. The number of aliphatic hydroxyl groups excluding tert-OH is 1. The predicted octanol–water partition coefficient (Wildman–Crippen LogP) is 4.80. The molecule has 1 aliphatic rings. The van der Waals surface area contributed by atoms with Gasteiger partial charge in [-0.1, -0.05) is 30.3 Å². The summed E-state index contributed by atoms with van der Waals surface area (Å²) in [4.78, 5) is 27.8. The Kier molecular flexibility index (Phi) is 6.64. The van der Waals surface area contributed by atoms with Crippen molar-refractivity contribution in [1.29, 1.82) is 0 Å². The largest absolute Gasteiger partial charge is 0.416 e. The SMILES string of the molecule is CN1C(=O)c2ccc(Nc3ncc(-c4nnc(-c5cccnc5)o4)c(N[C@H](CO)c4ccccc4)n3)cc2C1(C)C. The molecule has 0 radical (unpaired) electrons. The second-order valence-corrected chi connectivity index (χ2v) is 10.2. The predicted molar refractivity (Wildman–Crippen MR) is 153 cm³/mol. The second-order valence-electron chi connectivity index (χ2n) is 10.2. The van der Waals surface area contributed by atoms with Crippen molar-refractivity contribution < 1.29 is 14.3 Å². The number of carbonyl (C=O) groups excluding carboxylic acids is 1. The van der Waals surface area contributed by atoms with Crippen LogP contribution in [0.15, 0.2) is 83.7 Å². The number of fused-ring (bicyclic) bond motifs is 1. The lowest BCUT2D eigenvalue weighted by molar-refractivity contribution is 0.0691. The molecule has 11 nitrogen and oxygen atoms in total. The quantitative estimate of drug-likeness (QED) is 0.247. The van der Waals surface area contributed by atoms with E-state index in [0.29, 0.717) is 34.3 Å². The van der Waals surface area contributed by atoms with Crippen molar-refractivity contribution in [3.8, 4) is 22.9 Å². The number of amides is 1. The molecule has 0 unspecified atom stereocenters. The molecule has 3 aromatic heterocycles. The lowest BCUT2D eigenvalue weighted by Gasteiger charge is -2.28. The van der Waals surface area contributed by atoms with Crippen LogP contribution in [0.1, 0.15) is 41.4 Å². The number of aliphatic hydroxyl groups is 1. The molecule has 0 saturated heterocycles. The fourth-order valence-electron chi connectivity index (χ4n) is 4.79. The zero-order valence-corrected chi connectivity index (χ0v) is 22.7. The van der Waals surface area contributed by atoms with Gasteiger partial charge in [0.25, 0.3) is 11.8 Å². The van der Waals surface area contributed by atoms with Crippen LogP contribution in [0.2, 0.25) is 0 Å². The van der Waals surface area contributed by atoms with Crippen LogP contribution in [0.5, 0.6) is 0 Å². The molecule has 11 heteroatoms. The van der Waals surface area contributed by atoms with Crippen LogP contribution in [0, 0.1) is 0 Å². The van der Waals surface area contributed by atoms with Crippen molar-refractivity contribution in [1.82, 2.24) is 30.0 Å². The van der Waals surface area contributed by atoms with Gasteiger partial charge in [0, 0.05) is 36.9 Å². The van der Waals surface area contributed by atoms with Gasteiger partial charge in [0.2, 0.25) is 11.8 Å². The second kappa shape index (κ2) is 10.4. The third kappa shape index (κ3) is 4.87. The van der Waals surface area contributed by atoms with Crippen LogP contribution in [0.3, 0.4) is 0 Å². The molecule has 2 aromatic carbocycles. The molecule has 0 spiro atoms. The third-order valence-corrected chi connectivity index (χ3v) is 7.36. The van der Waals surface area contributed by atoms with Crippen molar-refractivity contribution in [3.05, 3.63) is 95.9 Å². The minimum absolute atomic E-state index is 0.00944. The van der Waals surface area contributed by atoms with E-state index in [2.05, 4.69) is 30.8 Å². The zero-order chi connectivity index (χ0) is 28.6. The van der Waals surface area contributed by atoms with Gasteiger partial charge >= 0.3 is 0 Å². The first kappa shape index (κ1) is 26.1. The minimum Gasteiger partial charge on any atom is -0.416 e. The van der Waals surface area contributed by atoms with Gasteiger partial charge < -0.3 is 25.1 Å². The first-order valence-electron chi connectivity index (χ1n) is 13.1. The van der Waals surface area contributed by atoms with E-state index in [9.17, 15) is 9.90 Å². The molecular formula is C30H28N8O3. The van der Waals surface area contributed by atoms with Crippen LogP contribution in [-0.2, 0) is 5.54 Å². The molecule has 5 aromatic rings. The highest BCUT2D eigenvalue weighted by Gasteiger charge is 2.40. The van der Waals surface area contributed by atoms with Gasteiger partial charge in [0.1, 0.15) is 5.82 Å². The molecule has 0 aliphatic carbocycles. The summed E-state index contributed by atoms with van der Waals surface area (Å²) in [5.74, 6) is 1.21. The Bertz CT molecular complexity index is 1710. The van der Waals surface area contributed by atoms with E-state index >= 15 is 0 Å². The Morgan fingerprint density at radius 1 is 1.00 bits per heavy atom. The third-order valence-electron chi connectivity index (χ3n) is 7.36. The van der Waals surface area contributed by atoms with E-state index < -0.39 is 11.6 Å². The van der Waals surface area contributed by atoms with Gasteiger partial charge in [-0.2, -0.15) is 4.98 Å². The molecule has 0 saturated carbocycles. The fraction of sp³-hybridized carbons (Fsp3) is 0.200. The molecule has 1 aliphatic heterocycles. The molecule has 3 N–H and O–H groups in total. The Balaban J connectivity index is 1.36. The number of nitrogens with one attached hydrogen (secondary N) is 2. The maximum Gasteiger partial charge on any atom is 0.254 e. The molecule has 0 bridgehead atoms. The van der Waals surface area contributed by atoms with Crippen LogP contribution < -0.4 is 10.6 Å². The van der Waals surface area contributed by atoms with Crippen molar-refractivity contribution in [2.45, 2.75) is 25.4 Å². The number of pyridine rings is 1. The highest BCUT2D eigenvalue weighted by molar-refractivity contribution is 6.00. The summed E-state index contributed by atoms with van der Waals surface area (Å²) in [6.45, 7) is 3.84. The number of rotatable bonds is 8. The summed E-state index contributed by atoms with van der Waals surface area (Å²) in [6.07, 6.45) is 4.89. The highest BCUT2D eigenvalue weighted by atomic mass is 16.4. The number of anilines is 3. The van der Waals surface area contributed by atoms with Crippen molar-refractivity contribution in [2.75, 3.05) is 24.3 Å². The van der Waals surface area contributed by atoms with Crippen LogP contribution in [-0.4, -0.2) is 54.7 Å². The summed E-state index contributed by atoms with van der Waals surface area (Å²) >= 11 is 0. The van der Waals surface area contributed by atoms with E-state index in [4.69, 9.17) is 9.40 Å². The first-order chi connectivity index (χ1) is 19.8. The summed E-state index contributed by atoms with van der Waals surface area (Å²) in [7, 11) is 1.80. The van der Waals surface area contributed by atoms with Crippen molar-refractivity contribution in [3.63, 3.8) is 0 Å². The molecule has 41 heavy (non-hydrogen) atoms. The Morgan fingerprint density at radius 3 is 2.56 bits per heavy atom. The summed E-state index contributed by atoms with van der Waals surface area (Å²) in [5, 5.41) is 25.2. The minimum atomic E-state index is -0.458. The first-order valence-corrected chi connectivity index (χ1v) is 13.1. The van der Waals surface area contributed by atoms with E-state index in [-0.39, 0.29) is 18.4 Å². The van der Waals surface area contributed by atoms with E-state index in [1.807, 2.05) is 68.4 Å². The van der Waals surface area contributed by atoms with Gasteiger partial charge in [-0.3, -0.25) is 9.78 Å². The van der Waals surface area contributed by atoms with Gasteiger partial charge in [0.15, 0.2) is 0 Å². The fourth-order valence-corrected chi connectivity index (χ4v) is 4.79. The average molecular weight is 549 g/mol. The molecule has 6 rings (SSSR count). The summed E-state index contributed by atoms with van der Waals surface area (Å²) < 4.78 is 5.97. The van der Waals surface area contributed by atoms with E-state index in [1.54, 1.807) is 36.6 Å². The molecule has 206 valence electrons. The van der Waals surface area contributed by atoms with Gasteiger partial charge in [0.05, 0.1) is 29.3 Å². The van der Waals surface area contributed by atoms with Gasteiger partial charge in [-0.15, -0.1) is 10.2 Å². The number of aromatic nitrogens is 5. The Labute approximate surface area is 236 Å². The van der Waals surface area contributed by atoms with Crippen molar-refractivity contribution >= 4 is 23.4 Å². The molecular weight excluding hydrogens is 520 g/mol. The molecule has 1 atom stereocenters. The number of nitrogens with zero attached hydrogens (tertiary/aromatic N) is 6. The molecule has 4 heterocycles. The number of hydrogen-bond donors (Lipinski definition) is 3. The average Bonchev–Trinajstić information content (AvgIpc) is 3.55. The number of benzene rings is 2. The van der Waals surface area contributed by atoms with Gasteiger partial charge in [-0.05, 0) is 55.3 Å². The monoisotopic (exact) mass is 548 g/mol. The van der Waals surface area contributed by atoms with Gasteiger partial charge in [-0.25, -0.2) is 4.98 Å². The Morgan fingerprint density at radius 2 is 1.80 bits per heavy atom. The highest BCUT2D eigenvalue weighted by Crippen LogP contribution is 2.39. The standard InChI is InChI=1S/C30H28N8O3/c1-30(2)23-14-20(11-12-21(23)28(40)38(30)3)33-29-32-16-22(27-37-36-26(41-27)19-10-7-13-31-15-19)25(35-29)34-24(17-39)18-8-5-4-6-9-18/h4-16,24,39H,17H2,1-3H3,(H2,32,33,34,35)/t24-/m1/s1. The number of carbonyl (C=O) groups is 1. The topological polar surface area (TPSA) is 142 Å². The number of hydrogen-bond acceptors (Lipinski definition) is 10.